The van der Waals surface area contributed by atoms with Crippen LogP contribution in [0.5, 0.6) is 5.75 Å². The molecule has 0 radical (unpaired) electrons. The molecular formula is C8H10FNO. The van der Waals surface area contributed by atoms with Gasteiger partial charge in [0, 0.05) is 0 Å². The van der Waals surface area contributed by atoms with Crippen molar-refractivity contribution < 1.29 is 9.50 Å². The third kappa shape index (κ3) is 1.61. The Morgan fingerprint density at radius 3 is 2.64 bits per heavy atom. The van der Waals surface area contributed by atoms with E-state index in [1.807, 2.05) is 0 Å². The highest BCUT2D eigenvalue weighted by Crippen LogP contribution is 2.25. The second-order valence-corrected chi connectivity index (χ2v) is 2.43. The minimum Gasteiger partial charge on any atom is -0.506 e. The Kier molecular flexibility index (Phi) is 1.98. The number of aromatic hydroxyl groups is 1. The maximum atomic E-state index is 12.6. The first-order valence-electron chi connectivity index (χ1n) is 3.33. The summed E-state index contributed by atoms with van der Waals surface area (Å²) in [4.78, 5) is 0. The number of nitrogen functional groups attached to an aromatic ring is 1. The van der Waals surface area contributed by atoms with Crippen molar-refractivity contribution in [2.45, 2.75) is 13.1 Å². The van der Waals surface area contributed by atoms with Crippen molar-refractivity contribution in [2.24, 2.45) is 0 Å². The Morgan fingerprint density at radius 2 is 2.18 bits per heavy atom. The van der Waals surface area contributed by atoms with Gasteiger partial charge in [-0.2, -0.15) is 0 Å². The number of alkyl halides is 1. The molecule has 0 fully saturated rings. The Bertz CT molecular complexity index is 260. The van der Waals surface area contributed by atoms with Crippen LogP contribution in [0.25, 0.3) is 0 Å². The van der Waals surface area contributed by atoms with Crippen LogP contribution in [0, 0.1) is 0 Å². The van der Waals surface area contributed by atoms with Crippen molar-refractivity contribution in [3.05, 3.63) is 23.8 Å². The number of phenolic OH excluding ortho intramolecular Hbond substituents is 1. The molecule has 2 nitrogen and oxygen atoms in total. The lowest BCUT2D eigenvalue weighted by Crippen LogP contribution is -1.89. The summed E-state index contributed by atoms with van der Waals surface area (Å²) in [5, 5.41) is 9.06. The van der Waals surface area contributed by atoms with E-state index in [1.54, 1.807) is 6.07 Å². The molecule has 0 aliphatic heterocycles. The monoisotopic (exact) mass is 155 g/mol. The van der Waals surface area contributed by atoms with Gasteiger partial charge >= 0.3 is 0 Å². The van der Waals surface area contributed by atoms with Gasteiger partial charge in [-0.3, -0.25) is 0 Å². The Morgan fingerprint density at radius 1 is 1.55 bits per heavy atom. The van der Waals surface area contributed by atoms with E-state index in [4.69, 9.17) is 10.8 Å². The molecule has 0 saturated heterocycles. The van der Waals surface area contributed by atoms with E-state index in [0.717, 1.165) is 0 Å². The Hall–Kier alpha value is -1.25. The third-order valence-electron chi connectivity index (χ3n) is 1.51. The van der Waals surface area contributed by atoms with Gasteiger partial charge in [0.05, 0.1) is 5.69 Å². The summed E-state index contributed by atoms with van der Waals surface area (Å²) in [7, 11) is 0. The van der Waals surface area contributed by atoms with Crippen LogP contribution in [0.4, 0.5) is 10.1 Å². The number of benzene rings is 1. The number of nitrogens with two attached hydrogens (primary N) is 1. The zero-order valence-electron chi connectivity index (χ0n) is 6.21. The number of halogens is 1. The van der Waals surface area contributed by atoms with Gasteiger partial charge in [-0.15, -0.1) is 0 Å². The first-order valence-corrected chi connectivity index (χ1v) is 3.33. The average Bonchev–Trinajstić information content (AvgIpc) is 1.94. The van der Waals surface area contributed by atoms with Crippen LogP contribution < -0.4 is 5.73 Å². The molecule has 1 aromatic rings. The van der Waals surface area contributed by atoms with Crippen molar-refractivity contribution in [2.75, 3.05) is 5.73 Å². The van der Waals surface area contributed by atoms with E-state index in [1.165, 1.54) is 19.1 Å². The fraction of sp³-hybridized carbons (Fsp3) is 0.250. The van der Waals surface area contributed by atoms with Crippen LogP contribution in [0.1, 0.15) is 18.7 Å². The summed E-state index contributed by atoms with van der Waals surface area (Å²) in [5.41, 5.74) is 6.03. The molecule has 0 aromatic heterocycles. The first kappa shape index (κ1) is 7.85. The molecule has 0 saturated carbocycles. The SMILES string of the molecule is CC(F)c1ccc(N)c(O)c1. The third-order valence-corrected chi connectivity index (χ3v) is 1.51. The van der Waals surface area contributed by atoms with Gasteiger partial charge in [-0.05, 0) is 24.6 Å². The maximum Gasteiger partial charge on any atom is 0.138 e. The molecule has 0 spiro atoms. The number of rotatable bonds is 1. The van der Waals surface area contributed by atoms with Gasteiger partial charge in [0.2, 0.25) is 0 Å². The van der Waals surface area contributed by atoms with Gasteiger partial charge in [0.1, 0.15) is 11.9 Å². The Labute approximate surface area is 64.5 Å². The van der Waals surface area contributed by atoms with Gasteiger partial charge in [-0.25, -0.2) is 4.39 Å². The topological polar surface area (TPSA) is 46.2 Å². The van der Waals surface area contributed by atoms with Crippen molar-refractivity contribution in [3.8, 4) is 5.75 Å². The van der Waals surface area contributed by atoms with Crippen LogP contribution in [-0.4, -0.2) is 5.11 Å². The predicted octanol–water partition coefficient (Wildman–Crippen LogP) is 2.00. The molecule has 11 heavy (non-hydrogen) atoms. The molecular weight excluding hydrogens is 145 g/mol. The van der Waals surface area contributed by atoms with E-state index >= 15 is 0 Å². The zero-order valence-corrected chi connectivity index (χ0v) is 6.21. The van der Waals surface area contributed by atoms with Crippen LogP contribution >= 0.6 is 0 Å². The fourth-order valence-electron chi connectivity index (χ4n) is 0.808. The van der Waals surface area contributed by atoms with Crippen LogP contribution in [0.2, 0.25) is 0 Å². The zero-order chi connectivity index (χ0) is 8.43. The van der Waals surface area contributed by atoms with E-state index in [0.29, 0.717) is 5.56 Å². The molecule has 3 heteroatoms. The Balaban J connectivity index is 3.05. The average molecular weight is 155 g/mol. The molecule has 1 unspecified atom stereocenters. The van der Waals surface area contributed by atoms with E-state index < -0.39 is 6.17 Å². The molecule has 0 heterocycles. The molecule has 1 rings (SSSR count). The number of phenols is 1. The lowest BCUT2D eigenvalue weighted by Gasteiger charge is -2.03. The van der Waals surface area contributed by atoms with Crippen LogP contribution in [-0.2, 0) is 0 Å². The van der Waals surface area contributed by atoms with Gasteiger partial charge in [0.15, 0.2) is 0 Å². The molecule has 3 N–H and O–H groups in total. The molecule has 1 aromatic carbocycles. The van der Waals surface area contributed by atoms with E-state index in [2.05, 4.69) is 0 Å². The van der Waals surface area contributed by atoms with Crippen LogP contribution in [0.15, 0.2) is 18.2 Å². The summed E-state index contributed by atoms with van der Waals surface area (Å²) in [6.07, 6.45) is -1.07. The highest BCUT2D eigenvalue weighted by atomic mass is 19.1. The highest BCUT2D eigenvalue weighted by molar-refractivity contribution is 5.53. The molecule has 0 aliphatic rings. The minimum absolute atomic E-state index is 0.0630. The fourth-order valence-corrected chi connectivity index (χ4v) is 0.808. The number of hydrogen-bond acceptors (Lipinski definition) is 2. The minimum atomic E-state index is -1.07. The van der Waals surface area contributed by atoms with Gasteiger partial charge < -0.3 is 10.8 Å². The molecule has 1 atom stereocenters. The summed E-state index contributed by atoms with van der Waals surface area (Å²) in [5.74, 6) is -0.0630. The second-order valence-electron chi connectivity index (χ2n) is 2.43. The first-order chi connectivity index (χ1) is 5.11. The summed E-state index contributed by atoms with van der Waals surface area (Å²) >= 11 is 0. The summed E-state index contributed by atoms with van der Waals surface area (Å²) < 4.78 is 12.6. The van der Waals surface area contributed by atoms with Crippen molar-refractivity contribution in [3.63, 3.8) is 0 Å². The predicted molar refractivity (Wildman–Crippen MR) is 42.0 cm³/mol. The standard InChI is InChI=1S/C8H10FNO/c1-5(9)6-2-3-7(10)8(11)4-6/h2-5,11H,10H2,1H3. The lowest BCUT2D eigenvalue weighted by atomic mass is 10.1. The smallest absolute Gasteiger partial charge is 0.138 e. The normalized spacial score (nSPS) is 12.9. The highest BCUT2D eigenvalue weighted by Gasteiger charge is 2.04. The van der Waals surface area contributed by atoms with E-state index in [9.17, 15) is 4.39 Å². The summed E-state index contributed by atoms with van der Waals surface area (Å²) in [6.45, 7) is 1.41. The molecule has 60 valence electrons. The summed E-state index contributed by atoms with van der Waals surface area (Å²) in [6, 6.07) is 4.38. The lowest BCUT2D eigenvalue weighted by molar-refractivity contribution is 0.372. The number of anilines is 1. The number of hydrogen-bond donors (Lipinski definition) is 2. The van der Waals surface area contributed by atoms with Crippen LogP contribution in [0.3, 0.4) is 0 Å². The van der Waals surface area contributed by atoms with Gasteiger partial charge in [-0.1, -0.05) is 6.07 Å². The van der Waals surface area contributed by atoms with E-state index in [-0.39, 0.29) is 11.4 Å². The van der Waals surface area contributed by atoms with Crippen molar-refractivity contribution in [1.82, 2.24) is 0 Å². The van der Waals surface area contributed by atoms with Crippen molar-refractivity contribution in [1.29, 1.82) is 0 Å². The largest absolute Gasteiger partial charge is 0.506 e. The van der Waals surface area contributed by atoms with Crippen molar-refractivity contribution >= 4 is 5.69 Å². The van der Waals surface area contributed by atoms with Gasteiger partial charge in [0.25, 0.3) is 0 Å². The molecule has 0 amide bonds. The maximum absolute atomic E-state index is 12.6. The quantitative estimate of drug-likeness (QED) is 0.481. The second kappa shape index (κ2) is 2.78. The molecule has 0 bridgehead atoms. The molecule has 0 aliphatic carbocycles.